The number of carbonyl (C=O) groups is 1. The van der Waals surface area contributed by atoms with Crippen LogP contribution in [0.2, 0.25) is 0 Å². The van der Waals surface area contributed by atoms with E-state index in [9.17, 15) is 4.79 Å². The number of thiazole rings is 1. The Morgan fingerprint density at radius 1 is 1.29 bits per heavy atom. The molecule has 1 aromatic carbocycles. The summed E-state index contributed by atoms with van der Waals surface area (Å²) in [6.07, 6.45) is 3.92. The molecule has 2 aromatic rings. The van der Waals surface area contributed by atoms with Gasteiger partial charge in [0, 0.05) is 28.9 Å². The molecule has 2 saturated heterocycles. The lowest BCUT2D eigenvalue weighted by Crippen LogP contribution is -2.29. The Bertz CT molecular complexity index is 652. The van der Waals surface area contributed by atoms with E-state index in [1.807, 2.05) is 18.2 Å². The van der Waals surface area contributed by atoms with Gasteiger partial charge in [0.15, 0.2) is 0 Å². The van der Waals surface area contributed by atoms with E-state index in [-0.39, 0.29) is 5.92 Å². The third-order valence-electron chi connectivity index (χ3n) is 4.66. The third kappa shape index (κ3) is 2.54. The van der Waals surface area contributed by atoms with Gasteiger partial charge in [-0.15, -0.1) is 11.3 Å². The number of hydrogen-bond donors (Lipinski definition) is 1. The van der Waals surface area contributed by atoms with Crippen LogP contribution < -0.4 is 5.32 Å². The minimum atomic E-state index is 0.216. The molecule has 4 heteroatoms. The highest BCUT2D eigenvalue weighted by Crippen LogP contribution is 2.34. The second kappa shape index (κ2) is 5.35. The van der Waals surface area contributed by atoms with E-state index in [2.05, 4.69) is 27.8 Å². The Hall–Kier alpha value is -1.52. The fraction of sp³-hybridized carbons (Fsp3) is 0.412. The van der Waals surface area contributed by atoms with Crippen LogP contribution in [0.15, 0.2) is 35.7 Å². The largest absolute Gasteiger partial charge is 0.310 e. The van der Waals surface area contributed by atoms with Gasteiger partial charge in [0.25, 0.3) is 0 Å². The highest BCUT2D eigenvalue weighted by molar-refractivity contribution is 7.10. The number of nitrogens with one attached hydrogen (secondary N) is 1. The number of aromatic nitrogens is 1. The van der Waals surface area contributed by atoms with E-state index >= 15 is 0 Å². The first kappa shape index (κ1) is 13.2. The lowest BCUT2D eigenvalue weighted by atomic mass is 9.85. The summed E-state index contributed by atoms with van der Waals surface area (Å²) in [7, 11) is 0. The SMILES string of the molecule is O=C(Cc1nc(-c2ccccc2)cs1)C1CC2CCC1N2. The summed E-state index contributed by atoms with van der Waals surface area (Å²) in [6.45, 7) is 0. The summed E-state index contributed by atoms with van der Waals surface area (Å²) < 4.78 is 0. The van der Waals surface area contributed by atoms with Crippen LogP contribution >= 0.6 is 11.3 Å². The molecule has 3 nitrogen and oxygen atoms in total. The number of rotatable bonds is 4. The topological polar surface area (TPSA) is 42.0 Å². The zero-order valence-corrected chi connectivity index (χ0v) is 12.6. The van der Waals surface area contributed by atoms with Crippen molar-refractivity contribution in [3.63, 3.8) is 0 Å². The number of Topliss-reactive ketones (excluding diaryl/α,β-unsaturated/α-hetero) is 1. The van der Waals surface area contributed by atoms with Gasteiger partial charge in [-0.3, -0.25) is 4.79 Å². The van der Waals surface area contributed by atoms with E-state index in [1.165, 1.54) is 6.42 Å². The van der Waals surface area contributed by atoms with Crippen LogP contribution in [0.3, 0.4) is 0 Å². The zero-order chi connectivity index (χ0) is 14.2. The molecule has 0 amide bonds. The molecule has 3 atom stereocenters. The molecule has 0 radical (unpaired) electrons. The van der Waals surface area contributed by atoms with E-state index in [4.69, 9.17) is 0 Å². The van der Waals surface area contributed by atoms with E-state index in [0.717, 1.165) is 29.1 Å². The first-order valence-electron chi connectivity index (χ1n) is 7.58. The second-order valence-electron chi connectivity index (χ2n) is 6.03. The van der Waals surface area contributed by atoms with Crippen molar-refractivity contribution in [2.24, 2.45) is 5.92 Å². The predicted octanol–water partition coefficient (Wildman–Crippen LogP) is 3.06. The number of nitrogens with zero attached hydrogens (tertiary/aromatic N) is 1. The van der Waals surface area contributed by atoms with E-state index in [1.54, 1.807) is 11.3 Å². The number of ketones is 1. The summed E-state index contributed by atoms with van der Waals surface area (Å²) in [4.78, 5) is 17.1. The maximum atomic E-state index is 12.5. The molecule has 2 aliphatic heterocycles. The third-order valence-corrected chi connectivity index (χ3v) is 5.51. The molecule has 0 aliphatic carbocycles. The predicted molar refractivity (Wildman–Crippen MR) is 84.3 cm³/mol. The highest BCUT2D eigenvalue weighted by Gasteiger charge is 2.42. The second-order valence-corrected chi connectivity index (χ2v) is 6.97. The van der Waals surface area contributed by atoms with Crippen molar-refractivity contribution >= 4 is 17.1 Å². The number of hydrogen-bond acceptors (Lipinski definition) is 4. The summed E-state index contributed by atoms with van der Waals surface area (Å²) in [5, 5.41) is 6.54. The summed E-state index contributed by atoms with van der Waals surface area (Å²) >= 11 is 1.60. The van der Waals surface area contributed by atoms with Crippen molar-refractivity contribution in [3.05, 3.63) is 40.7 Å². The number of fused-ring (bicyclic) bond motifs is 2. The van der Waals surface area contributed by atoms with Gasteiger partial charge in [-0.2, -0.15) is 0 Å². The van der Waals surface area contributed by atoms with Crippen LogP contribution in [0.1, 0.15) is 24.3 Å². The summed E-state index contributed by atoms with van der Waals surface area (Å²) in [5.74, 6) is 0.580. The normalized spacial score (nSPS) is 27.1. The first-order chi connectivity index (χ1) is 10.3. The van der Waals surface area contributed by atoms with E-state index in [0.29, 0.717) is 24.3 Å². The summed E-state index contributed by atoms with van der Waals surface area (Å²) in [6, 6.07) is 11.2. The molecule has 0 spiro atoms. The van der Waals surface area contributed by atoms with Gasteiger partial charge in [0.2, 0.25) is 0 Å². The van der Waals surface area contributed by atoms with Gasteiger partial charge in [-0.1, -0.05) is 30.3 Å². The molecule has 2 aliphatic rings. The van der Waals surface area contributed by atoms with Crippen molar-refractivity contribution in [3.8, 4) is 11.3 Å². The Morgan fingerprint density at radius 3 is 2.86 bits per heavy atom. The van der Waals surface area contributed by atoms with Crippen LogP contribution in [0.4, 0.5) is 0 Å². The zero-order valence-electron chi connectivity index (χ0n) is 11.8. The summed E-state index contributed by atoms with van der Waals surface area (Å²) in [5.41, 5.74) is 2.10. The molecule has 108 valence electrons. The van der Waals surface area contributed by atoms with Gasteiger partial charge < -0.3 is 5.32 Å². The number of benzene rings is 1. The van der Waals surface area contributed by atoms with Crippen LogP contribution in [0.5, 0.6) is 0 Å². The molecular weight excluding hydrogens is 280 g/mol. The average Bonchev–Trinajstić information content (AvgIpc) is 3.24. The fourth-order valence-electron chi connectivity index (χ4n) is 3.59. The first-order valence-corrected chi connectivity index (χ1v) is 8.46. The van der Waals surface area contributed by atoms with Crippen LogP contribution in [-0.4, -0.2) is 22.9 Å². The van der Waals surface area contributed by atoms with Crippen molar-refractivity contribution in [2.75, 3.05) is 0 Å². The Labute approximate surface area is 128 Å². The van der Waals surface area contributed by atoms with Gasteiger partial charge in [0.05, 0.1) is 12.1 Å². The Balaban J connectivity index is 1.46. The minimum Gasteiger partial charge on any atom is -0.310 e. The molecule has 1 aromatic heterocycles. The van der Waals surface area contributed by atoms with Crippen LogP contribution in [-0.2, 0) is 11.2 Å². The monoisotopic (exact) mass is 298 g/mol. The molecule has 4 rings (SSSR count). The van der Waals surface area contributed by atoms with Crippen molar-refractivity contribution < 1.29 is 4.79 Å². The minimum absolute atomic E-state index is 0.216. The van der Waals surface area contributed by atoms with Gasteiger partial charge in [-0.05, 0) is 19.3 Å². The molecule has 2 bridgehead atoms. The quantitative estimate of drug-likeness (QED) is 0.943. The van der Waals surface area contributed by atoms with Gasteiger partial charge in [-0.25, -0.2) is 4.98 Å². The Kier molecular flexibility index (Phi) is 3.36. The molecule has 0 saturated carbocycles. The smallest absolute Gasteiger partial charge is 0.144 e. The van der Waals surface area contributed by atoms with Crippen molar-refractivity contribution in [1.29, 1.82) is 0 Å². The van der Waals surface area contributed by atoms with Crippen molar-refractivity contribution in [2.45, 2.75) is 37.8 Å². The van der Waals surface area contributed by atoms with Crippen LogP contribution in [0.25, 0.3) is 11.3 Å². The maximum Gasteiger partial charge on any atom is 0.144 e. The molecule has 21 heavy (non-hydrogen) atoms. The maximum absolute atomic E-state index is 12.5. The Morgan fingerprint density at radius 2 is 2.14 bits per heavy atom. The van der Waals surface area contributed by atoms with Crippen LogP contribution in [0, 0.1) is 5.92 Å². The van der Waals surface area contributed by atoms with Crippen molar-refractivity contribution in [1.82, 2.24) is 10.3 Å². The lowest BCUT2D eigenvalue weighted by molar-refractivity contribution is -0.122. The van der Waals surface area contributed by atoms with E-state index < -0.39 is 0 Å². The lowest BCUT2D eigenvalue weighted by Gasteiger charge is -2.17. The van der Waals surface area contributed by atoms with Gasteiger partial charge in [0.1, 0.15) is 10.8 Å². The standard InChI is InChI=1S/C17H18N2OS/c20-16(13-8-12-6-7-14(13)18-12)9-17-19-15(10-21-17)11-4-2-1-3-5-11/h1-5,10,12-14,18H,6-9H2. The molecule has 3 heterocycles. The molecular formula is C17H18N2OS. The average molecular weight is 298 g/mol. The number of carbonyl (C=O) groups excluding carboxylic acids is 1. The van der Waals surface area contributed by atoms with Gasteiger partial charge >= 0.3 is 0 Å². The fourth-order valence-corrected chi connectivity index (χ4v) is 4.41. The molecule has 1 N–H and O–H groups in total. The highest BCUT2D eigenvalue weighted by atomic mass is 32.1. The molecule has 2 fully saturated rings. The molecule has 3 unspecified atom stereocenters.